The number of aliphatic hydroxyl groups excluding tert-OH is 1. The van der Waals surface area contributed by atoms with Crippen LogP contribution in [0.2, 0.25) is 0 Å². The first kappa shape index (κ1) is 15.0. The van der Waals surface area contributed by atoms with Gasteiger partial charge >= 0.3 is 0 Å². The molecule has 1 aliphatic carbocycles. The Bertz CT molecular complexity index is 552. The molecule has 1 aromatic carbocycles. The molecule has 0 aromatic heterocycles. The van der Waals surface area contributed by atoms with E-state index in [1.165, 1.54) is 12.1 Å². The van der Waals surface area contributed by atoms with Crippen molar-refractivity contribution in [2.75, 3.05) is 12.3 Å². The van der Waals surface area contributed by atoms with E-state index < -0.39 is 15.9 Å². The van der Waals surface area contributed by atoms with Gasteiger partial charge in [0.15, 0.2) is 9.84 Å². The van der Waals surface area contributed by atoms with Gasteiger partial charge in [-0.3, -0.25) is 4.79 Å². The standard InChI is InChI=1S/C14H19NO4S/c16-13(11-6-7-11)10-15-14(17)8-9-20(18,19)12-4-2-1-3-5-12/h1-5,11,13,16H,6-10H2,(H,15,17). The zero-order valence-electron chi connectivity index (χ0n) is 11.2. The van der Waals surface area contributed by atoms with Gasteiger partial charge in [0.25, 0.3) is 0 Å². The van der Waals surface area contributed by atoms with Crippen LogP contribution in [0.15, 0.2) is 35.2 Å². The summed E-state index contributed by atoms with van der Waals surface area (Å²) < 4.78 is 23.9. The Morgan fingerprint density at radius 2 is 1.95 bits per heavy atom. The molecule has 2 N–H and O–H groups in total. The average Bonchev–Trinajstić information content (AvgIpc) is 3.28. The third-order valence-electron chi connectivity index (χ3n) is 3.37. The highest BCUT2D eigenvalue weighted by Gasteiger charge is 2.29. The van der Waals surface area contributed by atoms with Crippen LogP contribution < -0.4 is 5.32 Å². The molecule has 1 saturated carbocycles. The molecule has 0 saturated heterocycles. The molecule has 0 aliphatic heterocycles. The fourth-order valence-electron chi connectivity index (χ4n) is 1.93. The minimum absolute atomic E-state index is 0.0887. The molecule has 1 atom stereocenters. The van der Waals surface area contributed by atoms with E-state index in [4.69, 9.17) is 0 Å². The predicted molar refractivity (Wildman–Crippen MR) is 74.9 cm³/mol. The molecule has 1 aliphatic rings. The second-order valence-electron chi connectivity index (χ2n) is 5.09. The van der Waals surface area contributed by atoms with Crippen molar-refractivity contribution in [2.24, 2.45) is 5.92 Å². The number of carbonyl (C=O) groups excluding carboxylic acids is 1. The molecule has 0 bridgehead atoms. The Labute approximate surface area is 118 Å². The highest BCUT2D eigenvalue weighted by molar-refractivity contribution is 7.91. The first-order valence-electron chi connectivity index (χ1n) is 6.71. The Hall–Kier alpha value is -1.40. The predicted octanol–water partition coefficient (Wildman–Crippen LogP) is 0.738. The second-order valence-corrected chi connectivity index (χ2v) is 7.20. The second kappa shape index (κ2) is 6.37. The summed E-state index contributed by atoms with van der Waals surface area (Å²) in [5.74, 6) is -0.268. The van der Waals surface area contributed by atoms with Crippen molar-refractivity contribution in [1.29, 1.82) is 0 Å². The summed E-state index contributed by atoms with van der Waals surface area (Å²) in [5, 5.41) is 12.2. The van der Waals surface area contributed by atoms with E-state index in [2.05, 4.69) is 5.32 Å². The lowest BCUT2D eigenvalue weighted by Gasteiger charge is -2.10. The molecule has 5 nitrogen and oxygen atoms in total. The highest BCUT2D eigenvalue weighted by Crippen LogP contribution is 2.32. The lowest BCUT2D eigenvalue weighted by atomic mass is 10.2. The summed E-state index contributed by atoms with van der Waals surface area (Å²) in [4.78, 5) is 11.8. The summed E-state index contributed by atoms with van der Waals surface area (Å²) >= 11 is 0. The summed E-state index contributed by atoms with van der Waals surface area (Å²) in [6.07, 6.45) is 1.40. The minimum Gasteiger partial charge on any atom is -0.391 e. The minimum atomic E-state index is -3.42. The lowest BCUT2D eigenvalue weighted by molar-refractivity contribution is -0.121. The molecule has 0 heterocycles. The normalized spacial score (nSPS) is 16.6. The Morgan fingerprint density at radius 1 is 1.30 bits per heavy atom. The van der Waals surface area contributed by atoms with Gasteiger partial charge in [-0.2, -0.15) is 0 Å². The number of hydrogen-bond acceptors (Lipinski definition) is 4. The maximum absolute atomic E-state index is 12.0. The number of amides is 1. The molecule has 0 radical (unpaired) electrons. The van der Waals surface area contributed by atoms with Crippen LogP contribution in [0, 0.1) is 5.92 Å². The number of nitrogens with one attached hydrogen (secondary N) is 1. The van der Waals surface area contributed by atoms with Gasteiger partial charge in [0.05, 0.1) is 16.8 Å². The zero-order chi connectivity index (χ0) is 14.6. The van der Waals surface area contributed by atoms with Crippen LogP contribution in [0.25, 0.3) is 0 Å². The van der Waals surface area contributed by atoms with Crippen molar-refractivity contribution < 1.29 is 18.3 Å². The van der Waals surface area contributed by atoms with Crippen LogP contribution in [0.5, 0.6) is 0 Å². The molecular formula is C14H19NO4S. The van der Waals surface area contributed by atoms with Crippen LogP contribution in [0.3, 0.4) is 0 Å². The number of aliphatic hydroxyl groups is 1. The van der Waals surface area contributed by atoms with E-state index in [-0.39, 0.29) is 29.5 Å². The van der Waals surface area contributed by atoms with E-state index in [0.29, 0.717) is 5.92 Å². The van der Waals surface area contributed by atoms with Crippen LogP contribution >= 0.6 is 0 Å². The lowest BCUT2D eigenvalue weighted by Crippen LogP contribution is -2.34. The van der Waals surface area contributed by atoms with Gasteiger partial charge in [-0.1, -0.05) is 18.2 Å². The Balaban J connectivity index is 1.77. The van der Waals surface area contributed by atoms with E-state index >= 15 is 0 Å². The monoisotopic (exact) mass is 297 g/mol. The maximum atomic E-state index is 12.0. The third-order valence-corrected chi connectivity index (χ3v) is 5.11. The summed E-state index contributed by atoms with van der Waals surface area (Å²) in [6.45, 7) is 0.203. The van der Waals surface area contributed by atoms with Crippen molar-refractivity contribution >= 4 is 15.7 Å². The average molecular weight is 297 g/mol. The molecule has 1 unspecified atom stereocenters. The Kier molecular flexibility index (Phi) is 4.77. The van der Waals surface area contributed by atoms with Crippen molar-refractivity contribution in [1.82, 2.24) is 5.32 Å². The zero-order valence-corrected chi connectivity index (χ0v) is 12.0. The van der Waals surface area contributed by atoms with E-state index in [1.54, 1.807) is 18.2 Å². The van der Waals surface area contributed by atoms with Crippen LogP contribution in [0.1, 0.15) is 19.3 Å². The molecule has 1 fully saturated rings. The molecule has 1 amide bonds. The fraction of sp³-hybridized carbons (Fsp3) is 0.500. The first-order chi connectivity index (χ1) is 9.49. The van der Waals surface area contributed by atoms with Gasteiger partial charge in [-0.25, -0.2) is 8.42 Å². The van der Waals surface area contributed by atoms with Gasteiger partial charge in [0, 0.05) is 13.0 Å². The highest BCUT2D eigenvalue weighted by atomic mass is 32.2. The summed E-state index contributed by atoms with van der Waals surface area (Å²) in [5.41, 5.74) is 0. The molecule has 1 aromatic rings. The van der Waals surface area contributed by atoms with Gasteiger partial charge < -0.3 is 10.4 Å². The summed E-state index contributed by atoms with van der Waals surface area (Å²) in [6, 6.07) is 8.08. The van der Waals surface area contributed by atoms with Crippen LogP contribution in [-0.4, -0.2) is 37.8 Å². The Morgan fingerprint density at radius 3 is 2.55 bits per heavy atom. The first-order valence-corrected chi connectivity index (χ1v) is 8.37. The van der Waals surface area contributed by atoms with Crippen LogP contribution in [0.4, 0.5) is 0 Å². The number of rotatable bonds is 7. The number of hydrogen-bond donors (Lipinski definition) is 2. The van der Waals surface area contributed by atoms with Crippen molar-refractivity contribution in [3.05, 3.63) is 30.3 Å². The molecule has 110 valence electrons. The number of sulfone groups is 1. The topological polar surface area (TPSA) is 83.5 Å². The SMILES string of the molecule is O=C(CCS(=O)(=O)c1ccccc1)NCC(O)C1CC1. The van der Waals surface area contributed by atoms with Gasteiger partial charge in [-0.05, 0) is 30.9 Å². The largest absolute Gasteiger partial charge is 0.391 e. The molecular weight excluding hydrogens is 278 g/mol. The van der Waals surface area contributed by atoms with Gasteiger partial charge in [-0.15, -0.1) is 0 Å². The third kappa shape index (κ3) is 4.31. The molecule has 2 rings (SSSR count). The molecule has 6 heteroatoms. The van der Waals surface area contributed by atoms with E-state index in [0.717, 1.165) is 12.8 Å². The van der Waals surface area contributed by atoms with E-state index in [9.17, 15) is 18.3 Å². The van der Waals surface area contributed by atoms with Crippen LogP contribution in [-0.2, 0) is 14.6 Å². The smallest absolute Gasteiger partial charge is 0.221 e. The van der Waals surface area contributed by atoms with Gasteiger partial charge in [0.1, 0.15) is 0 Å². The number of carbonyl (C=O) groups is 1. The number of benzene rings is 1. The van der Waals surface area contributed by atoms with Crippen molar-refractivity contribution in [3.8, 4) is 0 Å². The summed E-state index contributed by atoms with van der Waals surface area (Å²) in [7, 11) is -3.42. The van der Waals surface area contributed by atoms with Crippen molar-refractivity contribution in [2.45, 2.75) is 30.3 Å². The van der Waals surface area contributed by atoms with Gasteiger partial charge in [0.2, 0.25) is 5.91 Å². The maximum Gasteiger partial charge on any atom is 0.221 e. The van der Waals surface area contributed by atoms with E-state index in [1.807, 2.05) is 0 Å². The fourth-order valence-corrected chi connectivity index (χ4v) is 3.19. The molecule has 20 heavy (non-hydrogen) atoms. The van der Waals surface area contributed by atoms with Crippen molar-refractivity contribution in [3.63, 3.8) is 0 Å². The molecule has 0 spiro atoms. The quantitative estimate of drug-likeness (QED) is 0.777.